The Balaban J connectivity index is 1.44. The molecule has 0 aliphatic carbocycles. The van der Waals surface area contributed by atoms with Crippen molar-refractivity contribution < 1.29 is 4.57 Å². The molecule has 2 atom stereocenters. The molecule has 2 bridgehead atoms. The quantitative estimate of drug-likeness (QED) is 0.339. The first kappa shape index (κ1) is 20.1. The van der Waals surface area contributed by atoms with E-state index >= 15 is 0 Å². The molecule has 1 unspecified atom stereocenters. The highest BCUT2D eigenvalue weighted by atomic mass is 35.5. The van der Waals surface area contributed by atoms with Gasteiger partial charge in [-0.15, -0.1) is 0 Å². The molecule has 0 amide bonds. The van der Waals surface area contributed by atoms with Gasteiger partial charge >= 0.3 is 0 Å². The van der Waals surface area contributed by atoms with Crippen molar-refractivity contribution in [3.05, 3.63) is 71.5 Å². The third kappa shape index (κ3) is 2.73. The third-order valence-electron chi connectivity index (χ3n) is 6.72. The second-order valence-electron chi connectivity index (χ2n) is 9.16. The fourth-order valence-electron chi connectivity index (χ4n) is 5.22. The minimum atomic E-state index is -2.51. The fourth-order valence-corrected chi connectivity index (χ4v) is 6.19. The second kappa shape index (κ2) is 6.84. The smallest absolute Gasteiger partial charge is 0.188 e. The molecule has 2 aromatic carbocycles. The van der Waals surface area contributed by atoms with Crippen LogP contribution >= 0.6 is 18.7 Å². The van der Waals surface area contributed by atoms with Gasteiger partial charge in [0.25, 0.3) is 0 Å². The highest BCUT2D eigenvalue weighted by Crippen LogP contribution is 2.50. The van der Waals surface area contributed by atoms with Gasteiger partial charge in [-0.05, 0) is 37.1 Å². The first-order chi connectivity index (χ1) is 16.4. The van der Waals surface area contributed by atoms with Crippen LogP contribution in [-0.4, -0.2) is 47.6 Å². The van der Waals surface area contributed by atoms with Crippen molar-refractivity contribution in [3.8, 4) is 22.5 Å². The Morgan fingerprint density at radius 3 is 2.65 bits per heavy atom. The van der Waals surface area contributed by atoms with Crippen LogP contribution in [0.15, 0.2) is 55.1 Å². The van der Waals surface area contributed by atoms with Gasteiger partial charge < -0.3 is 9.13 Å². The Morgan fingerprint density at radius 1 is 1.03 bits per heavy atom. The Morgan fingerprint density at radius 2 is 1.85 bits per heavy atom. The molecule has 0 N–H and O–H groups in total. The summed E-state index contributed by atoms with van der Waals surface area (Å²) in [5, 5.41) is 5.27. The van der Waals surface area contributed by atoms with E-state index in [9.17, 15) is 4.57 Å². The minimum absolute atomic E-state index is 0.0207. The zero-order chi connectivity index (χ0) is 23.2. The molecule has 5 aromatic rings. The molecular weight excluding hydrogens is 469 g/mol. The molecule has 34 heavy (non-hydrogen) atoms. The van der Waals surface area contributed by atoms with Crippen molar-refractivity contribution in [3.63, 3.8) is 0 Å². The number of aromatic nitrogens is 7. The van der Waals surface area contributed by atoms with Gasteiger partial charge in [-0.25, -0.2) is 24.6 Å². The number of halogens is 1. The zero-order valence-electron chi connectivity index (χ0n) is 18.4. The van der Waals surface area contributed by atoms with E-state index in [1.807, 2.05) is 28.9 Å². The van der Waals surface area contributed by atoms with E-state index in [4.69, 9.17) is 16.6 Å². The van der Waals surface area contributed by atoms with E-state index in [1.54, 1.807) is 32.1 Å². The summed E-state index contributed by atoms with van der Waals surface area (Å²) in [6, 6.07) is 12.1. The third-order valence-corrected chi connectivity index (χ3v) is 8.25. The molecule has 8 nitrogen and oxygen atoms in total. The lowest BCUT2D eigenvalue weighted by atomic mass is 9.98. The van der Waals surface area contributed by atoms with Crippen molar-refractivity contribution >= 4 is 35.3 Å². The van der Waals surface area contributed by atoms with Gasteiger partial charge in [0.05, 0.1) is 17.1 Å². The SMILES string of the molecule is CP(C)(=O)c1ncc(-c2ccc3nc4n(c3c2)[C@H]2CC4n3ncnc3-c3cccc(Cl)c32)cn1. The molecular formula is C24H19ClN7OP. The molecule has 0 saturated carbocycles. The van der Waals surface area contributed by atoms with Crippen LogP contribution in [0.2, 0.25) is 5.02 Å². The summed E-state index contributed by atoms with van der Waals surface area (Å²) in [6.45, 7) is 3.35. The lowest BCUT2D eigenvalue weighted by molar-refractivity contribution is 0.504. The molecule has 2 aliphatic heterocycles. The molecule has 0 fully saturated rings. The molecule has 0 radical (unpaired) electrons. The van der Waals surface area contributed by atoms with Crippen LogP contribution in [0.4, 0.5) is 0 Å². The minimum Gasteiger partial charge on any atom is -0.318 e. The number of nitrogens with zero attached hydrogens (tertiary/aromatic N) is 7. The van der Waals surface area contributed by atoms with Crippen LogP contribution in [0.1, 0.15) is 29.9 Å². The molecule has 168 valence electrons. The van der Waals surface area contributed by atoms with Gasteiger partial charge in [0.1, 0.15) is 25.3 Å². The second-order valence-corrected chi connectivity index (χ2v) is 12.7. The lowest BCUT2D eigenvalue weighted by Gasteiger charge is -2.19. The number of rotatable bonds is 2. The van der Waals surface area contributed by atoms with Gasteiger partial charge in [-0.3, -0.25) is 0 Å². The molecule has 5 heterocycles. The first-order valence-corrected chi connectivity index (χ1v) is 14.0. The zero-order valence-corrected chi connectivity index (χ0v) is 20.1. The predicted molar refractivity (Wildman–Crippen MR) is 131 cm³/mol. The highest BCUT2D eigenvalue weighted by molar-refractivity contribution is 7.69. The van der Waals surface area contributed by atoms with Gasteiger partial charge in [-0.1, -0.05) is 29.8 Å². The highest BCUT2D eigenvalue weighted by Gasteiger charge is 2.42. The summed E-state index contributed by atoms with van der Waals surface area (Å²) in [5.74, 6) is 1.78. The maximum atomic E-state index is 12.3. The van der Waals surface area contributed by atoms with Gasteiger partial charge in [0.2, 0.25) is 0 Å². The average Bonchev–Trinajstić information content (AvgIpc) is 3.50. The maximum Gasteiger partial charge on any atom is 0.188 e. The summed E-state index contributed by atoms with van der Waals surface area (Å²) >= 11 is 6.77. The average molecular weight is 488 g/mol. The number of hydrogen-bond acceptors (Lipinski definition) is 6. The summed E-state index contributed by atoms with van der Waals surface area (Å²) in [6.07, 6.45) is 5.89. The Labute approximate surface area is 200 Å². The summed E-state index contributed by atoms with van der Waals surface area (Å²) in [4.78, 5) is 18.3. The summed E-state index contributed by atoms with van der Waals surface area (Å²) < 4.78 is 16.6. The normalized spacial score (nSPS) is 18.4. The largest absolute Gasteiger partial charge is 0.318 e. The van der Waals surface area contributed by atoms with Gasteiger partial charge in [0.15, 0.2) is 11.4 Å². The number of imidazole rings is 1. The number of benzene rings is 2. The molecule has 0 spiro atoms. The fraction of sp³-hybridized carbons (Fsp3) is 0.208. The van der Waals surface area contributed by atoms with E-state index in [2.05, 4.69) is 36.8 Å². The first-order valence-electron chi connectivity index (χ1n) is 11.0. The molecule has 10 heteroatoms. The van der Waals surface area contributed by atoms with Crippen molar-refractivity contribution in [2.45, 2.75) is 18.5 Å². The van der Waals surface area contributed by atoms with E-state index in [-0.39, 0.29) is 12.1 Å². The topological polar surface area (TPSA) is 91.4 Å². The van der Waals surface area contributed by atoms with E-state index in [0.717, 1.165) is 56.4 Å². The van der Waals surface area contributed by atoms with Crippen LogP contribution in [0, 0.1) is 0 Å². The molecule has 7 rings (SSSR count). The standard InChI is InChI=1S/C24H19ClN7OP/c1-34(2,33)24-26-10-14(11-27-24)13-6-7-17-18(8-13)31-19-9-20(23(31)30-17)32-22(28-12-29-32)15-4-3-5-16(25)21(15)19/h3-8,10-12,19-20H,9H2,1-2H3/t19-,20?/m0/s1. The predicted octanol–water partition coefficient (Wildman–Crippen LogP) is 4.55. The maximum absolute atomic E-state index is 12.3. The van der Waals surface area contributed by atoms with Gasteiger partial charge in [-0.2, -0.15) is 5.10 Å². The van der Waals surface area contributed by atoms with Crippen molar-refractivity contribution in [2.75, 3.05) is 13.3 Å². The van der Waals surface area contributed by atoms with E-state index < -0.39 is 7.14 Å². The van der Waals surface area contributed by atoms with Crippen LogP contribution in [0.3, 0.4) is 0 Å². The van der Waals surface area contributed by atoms with E-state index in [0.29, 0.717) is 5.57 Å². The molecule has 0 saturated heterocycles. The molecule has 3 aromatic heterocycles. The van der Waals surface area contributed by atoms with E-state index in [1.165, 1.54) is 0 Å². The van der Waals surface area contributed by atoms with Crippen LogP contribution in [0.5, 0.6) is 0 Å². The summed E-state index contributed by atoms with van der Waals surface area (Å²) in [5.41, 5.74) is 6.23. The van der Waals surface area contributed by atoms with Crippen LogP contribution < -0.4 is 5.57 Å². The Bertz CT molecular complexity index is 1670. The Kier molecular flexibility index (Phi) is 4.04. The van der Waals surface area contributed by atoms with Crippen molar-refractivity contribution in [2.24, 2.45) is 0 Å². The van der Waals surface area contributed by atoms with Gasteiger partial charge in [0, 0.05) is 40.5 Å². The monoisotopic (exact) mass is 487 g/mol. The van der Waals surface area contributed by atoms with Crippen molar-refractivity contribution in [1.82, 2.24) is 34.3 Å². The van der Waals surface area contributed by atoms with Crippen LogP contribution in [0.25, 0.3) is 33.5 Å². The van der Waals surface area contributed by atoms with Crippen molar-refractivity contribution in [1.29, 1.82) is 0 Å². The summed E-state index contributed by atoms with van der Waals surface area (Å²) in [7, 11) is -2.51. The number of fused-ring (bicyclic) bond motifs is 6. The van der Waals surface area contributed by atoms with Crippen LogP contribution in [-0.2, 0) is 4.57 Å². The Hall–Kier alpha value is -3.35. The number of hydrogen-bond donors (Lipinski definition) is 0. The lowest BCUT2D eigenvalue weighted by Crippen LogP contribution is -2.13. The molecule has 2 aliphatic rings.